The van der Waals surface area contributed by atoms with Crippen LogP contribution in [0.15, 0.2) is 24.3 Å². The van der Waals surface area contributed by atoms with Crippen molar-refractivity contribution in [2.75, 3.05) is 13.2 Å². The summed E-state index contributed by atoms with van der Waals surface area (Å²) < 4.78 is 0. The summed E-state index contributed by atoms with van der Waals surface area (Å²) in [6, 6.07) is 7.39. The molecule has 80 valence electrons. The minimum atomic E-state index is -0.964. The fourth-order valence-electron chi connectivity index (χ4n) is 2.08. The number of aliphatic hydroxyl groups is 2. The Morgan fingerprint density at radius 2 is 1.87 bits per heavy atom. The number of fused-ring (bicyclic) bond motifs is 1. The summed E-state index contributed by atoms with van der Waals surface area (Å²) in [5.41, 5.74) is 0.695. The van der Waals surface area contributed by atoms with Crippen LogP contribution in [0.25, 0.3) is 0 Å². The molecule has 1 aromatic carbocycles. The Morgan fingerprint density at radius 3 is 2.53 bits per heavy atom. The number of benzene rings is 1. The van der Waals surface area contributed by atoms with Gasteiger partial charge in [-0.3, -0.25) is 4.79 Å². The molecular formula is C12H14O3. The molecule has 0 aliphatic heterocycles. The molecule has 0 bridgehead atoms. The van der Waals surface area contributed by atoms with Gasteiger partial charge in [-0.25, -0.2) is 0 Å². The molecule has 1 aliphatic rings. The largest absolute Gasteiger partial charge is 0.395 e. The van der Waals surface area contributed by atoms with E-state index in [2.05, 4.69) is 0 Å². The molecule has 1 aliphatic carbocycles. The maximum Gasteiger partial charge on any atom is 0.173 e. The van der Waals surface area contributed by atoms with E-state index in [1.165, 1.54) is 0 Å². The van der Waals surface area contributed by atoms with Gasteiger partial charge in [-0.05, 0) is 18.4 Å². The zero-order chi connectivity index (χ0) is 10.9. The molecule has 0 heterocycles. The molecule has 15 heavy (non-hydrogen) atoms. The van der Waals surface area contributed by atoms with Crippen molar-refractivity contribution in [3.05, 3.63) is 35.4 Å². The van der Waals surface area contributed by atoms with Gasteiger partial charge in [0, 0.05) is 5.56 Å². The second-order valence-corrected chi connectivity index (χ2v) is 4.08. The van der Waals surface area contributed by atoms with Crippen LogP contribution < -0.4 is 0 Å². The third kappa shape index (κ3) is 1.48. The number of ketones is 1. The highest BCUT2D eigenvalue weighted by atomic mass is 16.3. The lowest BCUT2D eigenvalue weighted by atomic mass is 9.71. The molecule has 1 aromatic rings. The van der Waals surface area contributed by atoms with E-state index in [4.69, 9.17) is 0 Å². The Hall–Kier alpha value is -1.19. The molecule has 0 aromatic heterocycles. The lowest BCUT2D eigenvalue weighted by Crippen LogP contribution is -2.42. The third-order valence-electron chi connectivity index (χ3n) is 3.22. The Morgan fingerprint density at radius 1 is 1.20 bits per heavy atom. The Kier molecular flexibility index (Phi) is 2.59. The summed E-state index contributed by atoms with van der Waals surface area (Å²) in [4.78, 5) is 12.1. The van der Waals surface area contributed by atoms with E-state index < -0.39 is 5.41 Å². The smallest absolute Gasteiger partial charge is 0.173 e. The summed E-state index contributed by atoms with van der Waals surface area (Å²) in [6.45, 7) is -0.562. The molecule has 0 atom stereocenters. The van der Waals surface area contributed by atoms with Crippen molar-refractivity contribution in [3.63, 3.8) is 0 Å². The summed E-state index contributed by atoms with van der Waals surface area (Å²) in [5.74, 6) is -0.130. The van der Waals surface area contributed by atoms with Gasteiger partial charge in [0.2, 0.25) is 0 Å². The second-order valence-electron chi connectivity index (χ2n) is 4.08. The number of aliphatic hydroxyl groups excluding tert-OH is 2. The molecule has 0 fully saturated rings. The van der Waals surface area contributed by atoms with Crippen molar-refractivity contribution >= 4 is 5.78 Å². The fourth-order valence-corrected chi connectivity index (χ4v) is 2.08. The standard InChI is InChI=1S/C12H14O3/c13-7-12(8-14)6-5-9-3-1-2-4-10(9)11(12)15/h1-4,13-14H,5-8H2. The van der Waals surface area contributed by atoms with Crippen molar-refractivity contribution in [2.24, 2.45) is 5.41 Å². The van der Waals surface area contributed by atoms with Crippen LogP contribution in [-0.4, -0.2) is 29.2 Å². The first kappa shape index (κ1) is 10.3. The first-order chi connectivity index (χ1) is 7.23. The van der Waals surface area contributed by atoms with Gasteiger partial charge in [0.15, 0.2) is 5.78 Å². The third-order valence-corrected chi connectivity index (χ3v) is 3.22. The summed E-state index contributed by atoms with van der Waals surface area (Å²) >= 11 is 0. The Bertz CT molecular complexity index is 380. The van der Waals surface area contributed by atoms with Gasteiger partial charge in [-0.1, -0.05) is 24.3 Å². The number of rotatable bonds is 2. The summed E-state index contributed by atoms with van der Waals surface area (Å²) in [6.07, 6.45) is 1.26. The maximum absolute atomic E-state index is 12.1. The summed E-state index contributed by atoms with van der Waals surface area (Å²) in [5, 5.41) is 18.5. The van der Waals surface area contributed by atoms with Gasteiger partial charge in [-0.15, -0.1) is 0 Å². The number of hydrogen-bond donors (Lipinski definition) is 2. The molecule has 3 heteroatoms. The van der Waals surface area contributed by atoms with Gasteiger partial charge in [0.1, 0.15) is 0 Å². The Balaban J connectivity index is 2.45. The van der Waals surface area contributed by atoms with Crippen LogP contribution in [0.3, 0.4) is 0 Å². The van der Waals surface area contributed by atoms with Crippen LogP contribution in [0.5, 0.6) is 0 Å². The number of hydrogen-bond acceptors (Lipinski definition) is 3. The second kappa shape index (κ2) is 3.76. The highest BCUT2D eigenvalue weighted by Crippen LogP contribution is 2.34. The molecule has 0 spiro atoms. The quantitative estimate of drug-likeness (QED) is 0.752. The molecule has 2 N–H and O–H groups in total. The van der Waals surface area contributed by atoms with Gasteiger partial charge in [0.05, 0.1) is 18.6 Å². The summed E-state index contributed by atoms with van der Waals surface area (Å²) in [7, 11) is 0. The minimum absolute atomic E-state index is 0.130. The van der Waals surface area contributed by atoms with E-state index in [0.717, 1.165) is 12.0 Å². The van der Waals surface area contributed by atoms with Crippen LogP contribution in [0.2, 0.25) is 0 Å². The molecule has 0 saturated carbocycles. The highest BCUT2D eigenvalue weighted by Gasteiger charge is 2.41. The average Bonchev–Trinajstić information content (AvgIpc) is 2.31. The monoisotopic (exact) mass is 206 g/mol. The Labute approximate surface area is 88.4 Å². The SMILES string of the molecule is O=C1c2ccccc2CCC1(CO)CO. The van der Waals surface area contributed by atoms with E-state index in [1.807, 2.05) is 18.2 Å². The number of Topliss-reactive ketones (excluding diaryl/α,β-unsaturated/α-hetero) is 1. The van der Waals surface area contributed by atoms with Gasteiger partial charge < -0.3 is 10.2 Å². The van der Waals surface area contributed by atoms with Crippen LogP contribution in [-0.2, 0) is 6.42 Å². The molecular weight excluding hydrogens is 192 g/mol. The van der Waals surface area contributed by atoms with Crippen molar-refractivity contribution in [1.29, 1.82) is 0 Å². The van der Waals surface area contributed by atoms with Gasteiger partial charge >= 0.3 is 0 Å². The highest BCUT2D eigenvalue weighted by molar-refractivity contribution is 6.03. The predicted molar refractivity (Wildman–Crippen MR) is 55.7 cm³/mol. The van der Waals surface area contributed by atoms with Gasteiger partial charge in [-0.2, -0.15) is 0 Å². The number of carbonyl (C=O) groups excluding carboxylic acids is 1. The number of aryl methyl sites for hydroxylation is 1. The lowest BCUT2D eigenvalue weighted by Gasteiger charge is -2.33. The van der Waals surface area contributed by atoms with Crippen molar-refractivity contribution in [1.82, 2.24) is 0 Å². The first-order valence-corrected chi connectivity index (χ1v) is 5.08. The minimum Gasteiger partial charge on any atom is -0.395 e. The molecule has 0 saturated heterocycles. The molecule has 0 amide bonds. The van der Waals surface area contributed by atoms with Crippen LogP contribution in [0.1, 0.15) is 22.3 Å². The predicted octanol–water partition coefficient (Wildman–Crippen LogP) is 0.786. The topological polar surface area (TPSA) is 57.5 Å². The molecule has 3 nitrogen and oxygen atoms in total. The zero-order valence-electron chi connectivity index (χ0n) is 8.44. The average molecular weight is 206 g/mol. The molecule has 2 rings (SSSR count). The fraction of sp³-hybridized carbons (Fsp3) is 0.417. The maximum atomic E-state index is 12.1. The van der Waals surface area contributed by atoms with E-state index in [9.17, 15) is 15.0 Å². The zero-order valence-corrected chi connectivity index (χ0v) is 8.44. The number of carbonyl (C=O) groups is 1. The molecule has 0 unspecified atom stereocenters. The van der Waals surface area contributed by atoms with Crippen molar-refractivity contribution in [2.45, 2.75) is 12.8 Å². The van der Waals surface area contributed by atoms with Crippen molar-refractivity contribution in [3.8, 4) is 0 Å². The van der Waals surface area contributed by atoms with E-state index >= 15 is 0 Å². The van der Waals surface area contributed by atoms with E-state index in [1.54, 1.807) is 6.07 Å². The van der Waals surface area contributed by atoms with Crippen molar-refractivity contribution < 1.29 is 15.0 Å². The first-order valence-electron chi connectivity index (χ1n) is 5.08. The lowest BCUT2D eigenvalue weighted by molar-refractivity contribution is 0.0346. The molecule has 0 radical (unpaired) electrons. The van der Waals surface area contributed by atoms with Crippen LogP contribution in [0.4, 0.5) is 0 Å². The van der Waals surface area contributed by atoms with Gasteiger partial charge in [0.25, 0.3) is 0 Å². The normalized spacial score (nSPS) is 18.7. The van der Waals surface area contributed by atoms with Crippen LogP contribution >= 0.6 is 0 Å². The van der Waals surface area contributed by atoms with Crippen LogP contribution in [0, 0.1) is 5.41 Å². The van der Waals surface area contributed by atoms with E-state index in [-0.39, 0.29) is 19.0 Å². The van der Waals surface area contributed by atoms with E-state index in [0.29, 0.717) is 12.0 Å².